The maximum atomic E-state index is 11.2. The Labute approximate surface area is 80.7 Å². The fraction of sp³-hybridized carbons (Fsp3) is 0.444. The van der Waals surface area contributed by atoms with Crippen LogP contribution in [-0.4, -0.2) is 28.3 Å². The van der Waals surface area contributed by atoms with Gasteiger partial charge in [0, 0.05) is 19.0 Å². The van der Waals surface area contributed by atoms with E-state index in [1.807, 2.05) is 6.92 Å². The van der Waals surface area contributed by atoms with Crippen LogP contribution in [0.4, 0.5) is 0 Å². The van der Waals surface area contributed by atoms with Gasteiger partial charge in [0.25, 0.3) is 5.91 Å². The number of likely N-dealkylation sites (tertiary alicyclic amines) is 1. The van der Waals surface area contributed by atoms with Crippen LogP contribution in [0.1, 0.15) is 17.9 Å². The van der Waals surface area contributed by atoms with E-state index in [4.69, 9.17) is 4.52 Å². The van der Waals surface area contributed by atoms with E-state index >= 15 is 0 Å². The number of aromatic nitrogens is 1. The third-order valence-electron chi connectivity index (χ3n) is 2.16. The Morgan fingerprint density at radius 3 is 2.86 bits per heavy atom. The van der Waals surface area contributed by atoms with Crippen LogP contribution in [0, 0.1) is 6.92 Å². The number of ketones is 1. The highest BCUT2D eigenvalue weighted by Crippen LogP contribution is 2.12. The third-order valence-corrected chi connectivity index (χ3v) is 2.16. The highest BCUT2D eigenvalue weighted by molar-refractivity contribution is 6.37. The van der Waals surface area contributed by atoms with Crippen molar-refractivity contribution in [1.29, 1.82) is 0 Å². The lowest BCUT2D eigenvalue weighted by Gasteiger charge is -2.10. The molecule has 1 aromatic rings. The molecule has 5 nitrogen and oxygen atoms in total. The molecule has 2 rings (SSSR count). The van der Waals surface area contributed by atoms with E-state index in [9.17, 15) is 9.59 Å². The minimum Gasteiger partial charge on any atom is -0.359 e. The van der Waals surface area contributed by atoms with Crippen molar-refractivity contribution in [1.82, 2.24) is 10.1 Å². The molecule has 0 saturated carbocycles. The van der Waals surface area contributed by atoms with Crippen LogP contribution in [-0.2, 0) is 16.1 Å². The van der Waals surface area contributed by atoms with E-state index in [1.165, 1.54) is 4.90 Å². The number of nitrogens with zero attached hydrogens (tertiary/aromatic N) is 2. The first-order valence-corrected chi connectivity index (χ1v) is 4.41. The molecule has 0 aliphatic carbocycles. The second-order valence-corrected chi connectivity index (χ2v) is 3.33. The van der Waals surface area contributed by atoms with Crippen LogP contribution >= 0.6 is 0 Å². The molecule has 0 bridgehead atoms. The first-order valence-electron chi connectivity index (χ1n) is 4.41. The first kappa shape index (κ1) is 8.93. The first-order chi connectivity index (χ1) is 6.66. The number of aryl methyl sites for hydroxylation is 1. The number of amides is 1. The van der Waals surface area contributed by atoms with Crippen molar-refractivity contribution in [3.05, 3.63) is 17.5 Å². The minimum absolute atomic E-state index is 0.311. The fourth-order valence-corrected chi connectivity index (χ4v) is 1.45. The normalized spacial score (nSPS) is 16.8. The summed E-state index contributed by atoms with van der Waals surface area (Å²) in [7, 11) is 0. The van der Waals surface area contributed by atoms with Gasteiger partial charge >= 0.3 is 0 Å². The number of carbonyl (C=O) groups is 2. The van der Waals surface area contributed by atoms with Gasteiger partial charge in [-0.15, -0.1) is 0 Å². The van der Waals surface area contributed by atoms with Crippen LogP contribution in [0.5, 0.6) is 0 Å². The fourth-order valence-electron chi connectivity index (χ4n) is 1.45. The molecule has 14 heavy (non-hydrogen) atoms. The Kier molecular flexibility index (Phi) is 2.07. The molecule has 0 atom stereocenters. The van der Waals surface area contributed by atoms with Gasteiger partial charge < -0.3 is 9.42 Å². The molecule has 0 N–H and O–H groups in total. The second kappa shape index (κ2) is 3.25. The standard InChI is InChI=1S/C9H10N2O3/c1-6-4-7(14-10-6)5-11-3-2-8(12)9(11)13/h4H,2-3,5H2,1H3. The van der Waals surface area contributed by atoms with E-state index < -0.39 is 5.91 Å². The van der Waals surface area contributed by atoms with Crippen molar-refractivity contribution in [2.45, 2.75) is 19.9 Å². The lowest BCUT2D eigenvalue weighted by Crippen LogP contribution is -2.26. The van der Waals surface area contributed by atoms with Crippen molar-refractivity contribution in [3.8, 4) is 0 Å². The molecule has 0 spiro atoms. The summed E-state index contributed by atoms with van der Waals surface area (Å²) < 4.78 is 4.95. The molecule has 0 aromatic carbocycles. The van der Waals surface area contributed by atoms with Crippen molar-refractivity contribution in [2.24, 2.45) is 0 Å². The monoisotopic (exact) mass is 194 g/mol. The molecule has 1 amide bonds. The second-order valence-electron chi connectivity index (χ2n) is 3.33. The zero-order valence-corrected chi connectivity index (χ0v) is 7.82. The summed E-state index contributed by atoms with van der Waals surface area (Å²) in [5, 5.41) is 3.70. The van der Waals surface area contributed by atoms with Gasteiger partial charge in [-0.1, -0.05) is 5.16 Å². The average molecular weight is 194 g/mol. The number of Topliss-reactive ketones (excluding diaryl/α,β-unsaturated/α-hetero) is 1. The average Bonchev–Trinajstić information content (AvgIpc) is 2.67. The van der Waals surface area contributed by atoms with Gasteiger partial charge in [0.15, 0.2) is 5.76 Å². The van der Waals surface area contributed by atoms with Gasteiger partial charge in [-0.05, 0) is 6.92 Å². The Bertz CT molecular complexity index is 383. The maximum absolute atomic E-state index is 11.2. The van der Waals surface area contributed by atoms with Gasteiger partial charge in [-0.25, -0.2) is 0 Å². The van der Waals surface area contributed by atoms with E-state index in [1.54, 1.807) is 6.07 Å². The maximum Gasteiger partial charge on any atom is 0.290 e. The molecular weight excluding hydrogens is 184 g/mol. The summed E-state index contributed by atoms with van der Waals surface area (Å²) in [6.45, 7) is 2.63. The number of carbonyl (C=O) groups excluding carboxylic acids is 2. The Morgan fingerprint density at radius 2 is 2.36 bits per heavy atom. The summed E-state index contributed by atoms with van der Waals surface area (Å²) in [5.74, 6) is -0.120. The summed E-state index contributed by atoms with van der Waals surface area (Å²) in [6, 6.07) is 1.76. The Morgan fingerprint density at radius 1 is 1.57 bits per heavy atom. The molecule has 1 aromatic heterocycles. The molecule has 1 aliphatic rings. The molecule has 1 aliphatic heterocycles. The van der Waals surface area contributed by atoms with Gasteiger partial charge in [-0.3, -0.25) is 9.59 Å². The Balaban J connectivity index is 2.05. The quantitative estimate of drug-likeness (QED) is 0.634. The molecule has 74 valence electrons. The SMILES string of the molecule is Cc1cc(CN2CCC(=O)C2=O)on1. The third kappa shape index (κ3) is 1.53. The lowest BCUT2D eigenvalue weighted by atomic mass is 10.3. The van der Waals surface area contributed by atoms with E-state index in [0.717, 1.165) is 5.69 Å². The number of hydrogen-bond acceptors (Lipinski definition) is 4. The topological polar surface area (TPSA) is 63.4 Å². The zero-order chi connectivity index (χ0) is 10.1. The largest absolute Gasteiger partial charge is 0.359 e. The number of rotatable bonds is 2. The van der Waals surface area contributed by atoms with Crippen molar-refractivity contribution < 1.29 is 14.1 Å². The summed E-state index contributed by atoms with van der Waals surface area (Å²) >= 11 is 0. The van der Waals surface area contributed by atoms with E-state index in [0.29, 0.717) is 25.3 Å². The molecular formula is C9H10N2O3. The smallest absolute Gasteiger partial charge is 0.290 e. The molecule has 0 radical (unpaired) electrons. The van der Waals surface area contributed by atoms with Gasteiger partial charge in [-0.2, -0.15) is 0 Å². The van der Waals surface area contributed by atoms with Gasteiger partial charge in [0.1, 0.15) is 0 Å². The summed E-state index contributed by atoms with van der Waals surface area (Å²) in [4.78, 5) is 23.6. The highest BCUT2D eigenvalue weighted by atomic mass is 16.5. The van der Waals surface area contributed by atoms with Crippen molar-refractivity contribution in [2.75, 3.05) is 6.54 Å². The molecule has 1 fully saturated rings. The predicted octanol–water partition coefficient (Wildman–Crippen LogP) is 0.284. The summed E-state index contributed by atoms with van der Waals surface area (Å²) in [6.07, 6.45) is 0.311. The molecule has 5 heteroatoms. The highest BCUT2D eigenvalue weighted by Gasteiger charge is 2.29. The minimum atomic E-state index is -0.418. The molecule has 1 saturated heterocycles. The van der Waals surface area contributed by atoms with E-state index in [-0.39, 0.29) is 5.78 Å². The molecule has 0 unspecified atom stereocenters. The van der Waals surface area contributed by atoms with Crippen LogP contribution < -0.4 is 0 Å². The van der Waals surface area contributed by atoms with Crippen LogP contribution in [0.25, 0.3) is 0 Å². The van der Waals surface area contributed by atoms with E-state index in [2.05, 4.69) is 5.16 Å². The van der Waals surface area contributed by atoms with Crippen LogP contribution in [0.3, 0.4) is 0 Å². The van der Waals surface area contributed by atoms with Crippen molar-refractivity contribution >= 4 is 11.7 Å². The van der Waals surface area contributed by atoms with Gasteiger partial charge in [0.2, 0.25) is 5.78 Å². The van der Waals surface area contributed by atoms with Crippen molar-refractivity contribution in [3.63, 3.8) is 0 Å². The molecule has 2 heterocycles. The predicted molar refractivity (Wildman–Crippen MR) is 46.3 cm³/mol. The zero-order valence-electron chi connectivity index (χ0n) is 7.82. The Hall–Kier alpha value is -1.65. The lowest BCUT2D eigenvalue weighted by molar-refractivity contribution is -0.140. The van der Waals surface area contributed by atoms with Gasteiger partial charge in [0.05, 0.1) is 12.2 Å². The summed E-state index contributed by atoms with van der Waals surface area (Å²) in [5.41, 5.74) is 0.776. The van der Waals surface area contributed by atoms with Crippen LogP contribution in [0.15, 0.2) is 10.6 Å². The van der Waals surface area contributed by atoms with Crippen LogP contribution in [0.2, 0.25) is 0 Å². The number of hydrogen-bond donors (Lipinski definition) is 0.